The average molecular weight is 349 g/mol. The Labute approximate surface area is 151 Å². The lowest BCUT2D eigenvalue weighted by Crippen LogP contribution is -2.28. The number of carbonyl (C=O) groups is 1. The standard InChI is InChI=1S/C21H19NO2S/c1-15-6-10-17(11-7-15)20(23)21(18-12-8-16(2)9-13-18)25-19-5-3-4-14-22(19)24/h3-14,21H,1-2H3/t21-/m1/s1. The number of ketones is 1. The van der Waals surface area contributed by atoms with E-state index in [2.05, 4.69) is 0 Å². The molecule has 0 amide bonds. The lowest BCUT2D eigenvalue weighted by atomic mass is 10.0. The quantitative estimate of drug-likeness (QED) is 0.291. The summed E-state index contributed by atoms with van der Waals surface area (Å²) in [5, 5.41) is 12.1. The van der Waals surface area contributed by atoms with Gasteiger partial charge in [-0.25, -0.2) is 0 Å². The van der Waals surface area contributed by atoms with Gasteiger partial charge in [-0.15, -0.1) is 0 Å². The molecule has 1 atom stereocenters. The first kappa shape index (κ1) is 17.2. The highest BCUT2D eigenvalue weighted by Crippen LogP contribution is 2.36. The van der Waals surface area contributed by atoms with Crippen molar-refractivity contribution in [1.29, 1.82) is 0 Å². The van der Waals surface area contributed by atoms with Crippen LogP contribution in [0, 0.1) is 19.1 Å². The van der Waals surface area contributed by atoms with E-state index in [1.54, 1.807) is 18.2 Å². The van der Waals surface area contributed by atoms with Gasteiger partial charge in [0.05, 0.1) is 0 Å². The Bertz CT molecular complexity index is 873. The summed E-state index contributed by atoms with van der Waals surface area (Å²) < 4.78 is 0.800. The van der Waals surface area contributed by atoms with E-state index in [1.165, 1.54) is 18.0 Å². The van der Waals surface area contributed by atoms with Crippen molar-refractivity contribution in [2.75, 3.05) is 0 Å². The topological polar surface area (TPSA) is 44.0 Å². The Morgan fingerprint density at radius 2 is 1.52 bits per heavy atom. The molecule has 1 heterocycles. The first-order valence-electron chi connectivity index (χ1n) is 8.07. The van der Waals surface area contributed by atoms with Gasteiger partial charge < -0.3 is 5.21 Å². The summed E-state index contributed by atoms with van der Waals surface area (Å²) in [6.45, 7) is 4.00. The van der Waals surface area contributed by atoms with Crippen molar-refractivity contribution < 1.29 is 9.52 Å². The van der Waals surface area contributed by atoms with Crippen molar-refractivity contribution in [1.82, 2.24) is 0 Å². The SMILES string of the molecule is Cc1ccc(C(=O)[C@H](Sc2cccc[n+]2[O-])c2ccc(C)cc2)cc1. The Morgan fingerprint density at radius 1 is 0.920 bits per heavy atom. The Balaban J connectivity index is 1.99. The van der Waals surface area contributed by atoms with E-state index in [9.17, 15) is 10.0 Å². The molecule has 3 rings (SSSR count). The molecule has 0 aliphatic carbocycles. The predicted octanol–water partition coefficient (Wildman–Crippen LogP) is 4.65. The van der Waals surface area contributed by atoms with Crippen LogP contribution in [0.15, 0.2) is 78.0 Å². The highest BCUT2D eigenvalue weighted by atomic mass is 32.2. The van der Waals surface area contributed by atoms with Gasteiger partial charge >= 0.3 is 0 Å². The summed E-state index contributed by atoms with van der Waals surface area (Å²) in [6, 6.07) is 20.7. The smallest absolute Gasteiger partial charge is 0.252 e. The van der Waals surface area contributed by atoms with Crippen LogP contribution in [0.2, 0.25) is 0 Å². The molecule has 0 bridgehead atoms. The first-order chi connectivity index (χ1) is 12.0. The predicted molar refractivity (Wildman–Crippen MR) is 101 cm³/mol. The molecular weight excluding hydrogens is 330 g/mol. The van der Waals surface area contributed by atoms with Crippen molar-refractivity contribution in [3.8, 4) is 0 Å². The second-order valence-corrected chi connectivity index (χ2v) is 7.13. The normalized spacial score (nSPS) is 11.9. The molecule has 3 aromatic rings. The molecule has 4 heteroatoms. The van der Waals surface area contributed by atoms with E-state index in [1.807, 2.05) is 62.4 Å². The molecule has 0 spiro atoms. The fourth-order valence-electron chi connectivity index (χ4n) is 2.51. The van der Waals surface area contributed by atoms with Crippen molar-refractivity contribution in [2.24, 2.45) is 0 Å². The molecule has 0 saturated carbocycles. The fourth-order valence-corrected chi connectivity index (χ4v) is 3.61. The second-order valence-electron chi connectivity index (χ2n) is 6.00. The summed E-state index contributed by atoms with van der Waals surface area (Å²) in [5.74, 6) is -0.00212. The fraction of sp³-hybridized carbons (Fsp3) is 0.143. The highest BCUT2D eigenvalue weighted by molar-refractivity contribution is 8.00. The zero-order valence-electron chi connectivity index (χ0n) is 14.2. The maximum absolute atomic E-state index is 13.1. The maximum atomic E-state index is 13.1. The molecule has 0 aliphatic heterocycles. The number of hydrogen-bond donors (Lipinski definition) is 0. The van der Waals surface area contributed by atoms with Crippen LogP contribution in [-0.2, 0) is 0 Å². The Kier molecular flexibility index (Phi) is 5.19. The number of rotatable bonds is 5. The van der Waals surface area contributed by atoms with Crippen molar-refractivity contribution in [2.45, 2.75) is 24.1 Å². The third-order valence-corrected chi connectivity index (χ3v) is 5.26. The number of Topliss-reactive ketones (excluding diaryl/α,β-unsaturated/α-hetero) is 1. The van der Waals surface area contributed by atoms with Gasteiger partial charge in [0.2, 0.25) is 0 Å². The summed E-state index contributed by atoms with van der Waals surface area (Å²) in [5.41, 5.74) is 3.78. The van der Waals surface area contributed by atoms with E-state index in [4.69, 9.17) is 0 Å². The number of pyridine rings is 1. The van der Waals surface area contributed by atoms with Crippen LogP contribution in [0.3, 0.4) is 0 Å². The van der Waals surface area contributed by atoms with E-state index < -0.39 is 5.25 Å². The molecule has 25 heavy (non-hydrogen) atoms. The number of aromatic nitrogens is 1. The molecule has 0 fully saturated rings. The molecular formula is C21H19NO2S. The minimum absolute atomic E-state index is 0.00212. The lowest BCUT2D eigenvalue weighted by Gasteiger charge is -2.16. The minimum Gasteiger partial charge on any atom is -0.618 e. The van der Waals surface area contributed by atoms with Crippen LogP contribution in [0.1, 0.15) is 32.3 Å². The summed E-state index contributed by atoms with van der Waals surface area (Å²) in [6.07, 6.45) is 1.45. The Hall–Kier alpha value is -2.59. The zero-order valence-corrected chi connectivity index (χ0v) is 15.0. The number of carbonyl (C=O) groups excluding carboxylic acids is 1. The van der Waals surface area contributed by atoms with Gasteiger partial charge in [0, 0.05) is 17.7 Å². The van der Waals surface area contributed by atoms with Crippen molar-refractivity contribution in [3.05, 3.63) is 100 Å². The van der Waals surface area contributed by atoms with Crippen LogP contribution in [0.4, 0.5) is 0 Å². The van der Waals surface area contributed by atoms with Gasteiger partial charge in [-0.3, -0.25) is 4.79 Å². The molecule has 0 saturated heterocycles. The zero-order chi connectivity index (χ0) is 17.8. The number of thioether (sulfide) groups is 1. The first-order valence-corrected chi connectivity index (χ1v) is 8.95. The van der Waals surface area contributed by atoms with Gasteiger partial charge in [0.1, 0.15) is 5.25 Å². The van der Waals surface area contributed by atoms with Gasteiger partial charge in [0.25, 0.3) is 5.03 Å². The molecule has 0 radical (unpaired) electrons. The lowest BCUT2D eigenvalue weighted by molar-refractivity contribution is -0.645. The summed E-state index contributed by atoms with van der Waals surface area (Å²) in [4.78, 5) is 13.1. The summed E-state index contributed by atoms with van der Waals surface area (Å²) in [7, 11) is 0. The van der Waals surface area contributed by atoms with E-state index >= 15 is 0 Å². The minimum atomic E-state index is -0.467. The van der Waals surface area contributed by atoms with Crippen LogP contribution in [-0.4, -0.2) is 5.78 Å². The van der Waals surface area contributed by atoms with E-state index in [0.29, 0.717) is 10.6 Å². The molecule has 2 aromatic carbocycles. The average Bonchev–Trinajstić information content (AvgIpc) is 2.62. The van der Waals surface area contributed by atoms with Crippen molar-refractivity contribution in [3.63, 3.8) is 0 Å². The molecule has 0 aliphatic rings. The largest absolute Gasteiger partial charge is 0.618 e. The highest BCUT2D eigenvalue weighted by Gasteiger charge is 2.26. The summed E-state index contributed by atoms with van der Waals surface area (Å²) >= 11 is 1.28. The number of hydrogen-bond acceptors (Lipinski definition) is 3. The van der Waals surface area contributed by atoms with E-state index in [0.717, 1.165) is 21.4 Å². The van der Waals surface area contributed by atoms with Gasteiger partial charge in [-0.2, -0.15) is 4.73 Å². The van der Waals surface area contributed by atoms with Gasteiger partial charge in [-0.1, -0.05) is 59.7 Å². The van der Waals surface area contributed by atoms with Gasteiger partial charge in [-0.05, 0) is 37.2 Å². The molecule has 126 valence electrons. The third-order valence-electron chi connectivity index (χ3n) is 3.98. The second kappa shape index (κ2) is 7.53. The Morgan fingerprint density at radius 3 is 2.12 bits per heavy atom. The molecule has 1 aromatic heterocycles. The molecule has 0 unspecified atom stereocenters. The van der Waals surface area contributed by atoms with Crippen LogP contribution in [0.25, 0.3) is 0 Å². The molecule has 0 N–H and O–H groups in total. The van der Waals surface area contributed by atoms with Crippen molar-refractivity contribution >= 4 is 17.5 Å². The van der Waals surface area contributed by atoms with Gasteiger partial charge in [0.15, 0.2) is 12.0 Å². The number of aryl methyl sites for hydroxylation is 2. The van der Waals surface area contributed by atoms with Crippen LogP contribution < -0.4 is 4.73 Å². The maximum Gasteiger partial charge on any atom is 0.252 e. The van der Waals surface area contributed by atoms with Crippen LogP contribution in [0.5, 0.6) is 0 Å². The monoisotopic (exact) mass is 349 g/mol. The number of nitrogens with zero attached hydrogens (tertiary/aromatic N) is 1. The number of benzene rings is 2. The van der Waals surface area contributed by atoms with Crippen LogP contribution >= 0.6 is 11.8 Å². The van der Waals surface area contributed by atoms with E-state index in [-0.39, 0.29) is 5.78 Å². The third kappa shape index (κ3) is 4.09. The molecule has 3 nitrogen and oxygen atoms in total.